The van der Waals surface area contributed by atoms with Crippen molar-refractivity contribution in [2.24, 2.45) is 5.92 Å². The summed E-state index contributed by atoms with van der Waals surface area (Å²) in [5, 5.41) is 6.50. The zero-order chi connectivity index (χ0) is 24.9. The molecule has 1 N–H and O–H groups in total. The molecule has 186 valence electrons. The summed E-state index contributed by atoms with van der Waals surface area (Å²) in [5.74, 6) is -2.20. The number of benzene rings is 1. The number of hydrogen-bond acceptors (Lipinski definition) is 4. The molecule has 3 rings (SSSR count). The Balaban J connectivity index is 1.64. The Morgan fingerprint density at radius 3 is 2.50 bits per heavy atom. The van der Waals surface area contributed by atoms with Crippen molar-refractivity contribution in [3.05, 3.63) is 47.5 Å². The lowest BCUT2D eigenvalue weighted by atomic mass is 9.95. The Hall–Kier alpha value is -2.95. The van der Waals surface area contributed by atoms with Crippen molar-refractivity contribution in [3.63, 3.8) is 0 Å². The van der Waals surface area contributed by atoms with Gasteiger partial charge in [0.15, 0.2) is 5.69 Å². The molecule has 0 atom stereocenters. The highest BCUT2D eigenvalue weighted by atomic mass is 19.4. The predicted octanol–water partition coefficient (Wildman–Crippen LogP) is 3.81. The minimum atomic E-state index is -4.93. The third kappa shape index (κ3) is 6.13. The average molecular weight is 484 g/mol. The van der Waals surface area contributed by atoms with Gasteiger partial charge >= 0.3 is 6.18 Å². The molecule has 0 bridgehead atoms. The van der Waals surface area contributed by atoms with E-state index in [1.54, 1.807) is 0 Å². The van der Waals surface area contributed by atoms with Crippen LogP contribution >= 0.6 is 0 Å². The number of piperidine rings is 1. The minimum Gasteiger partial charge on any atom is -0.379 e. The number of hydrogen-bond donors (Lipinski definition) is 1. The first-order valence-corrected chi connectivity index (χ1v) is 11.2. The van der Waals surface area contributed by atoms with Crippen LogP contribution in [0, 0.1) is 11.7 Å². The highest BCUT2D eigenvalue weighted by Gasteiger charge is 2.42. The zero-order valence-electron chi connectivity index (χ0n) is 19.1. The number of ether oxygens (including phenoxy) is 1. The maximum Gasteiger partial charge on any atom is 0.434 e. The fourth-order valence-corrected chi connectivity index (χ4v) is 3.85. The lowest BCUT2D eigenvalue weighted by Crippen LogP contribution is -2.43. The summed E-state index contributed by atoms with van der Waals surface area (Å²) in [7, 11) is 0. The van der Waals surface area contributed by atoms with Gasteiger partial charge in [-0.3, -0.25) is 9.59 Å². The molecule has 1 aromatic carbocycles. The molecule has 11 heteroatoms. The number of nitrogens with one attached hydrogen (secondary N) is 1. The molecule has 0 saturated carbocycles. The number of aromatic nitrogens is 2. The number of rotatable bonds is 8. The number of halogens is 4. The normalized spacial score (nSPS) is 15.1. The van der Waals surface area contributed by atoms with E-state index >= 15 is 0 Å². The van der Waals surface area contributed by atoms with Crippen LogP contribution < -0.4 is 5.32 Å². The molecule has 2 aromatic rings. The van der Waals surface area contributed by atoms with Gasteiger partial charge in [-0.2, -0.15) is 18.3 Å². The predicted molar refractivity (Wildman–Crippen MR) is 116 cm³/mol. The highest BCUT2D eigenvalue weighted by molar-refractivity contribution is 5.95. The van der Waals surface area contributed by atoms with Crippen molar-refractivity contribution in [3.8, 4) is 5.69 Å². The molecule has 1 aliphatic rings. The molecular formula is C23H28F4N4O3. The van der Waals surface area contributed by atoms with Crippen LogP contribution in [0.3, 0.4) is 0 Å². The summed E-state index contributed by atoms with van der Waals surface area (Å²) in [6.45, 7) is 5.12. The van der Waals surface area contributed by atoms with Crippen LogP contribution in [0.2, 0.25) is 0 Å². The highest BCUT2D eigenvalue weighted by Crippen LogP contribution is 2.35. The maximum atomic E-state index is 14.1. The van der Waals surface area contributed by atoms with E-state index in [0.29, 0.717) is 37.1 Å². The van der Waals surface area contributed by atoms with Gasteiger partial charge in [0.1, 0.15) is 11.5 Å². The van der Waals surface area contributed by atoms with Gasteiger partial charge in [-0.05, 0) is 45.2 Å². The second kappa shape index (κ2) is 11.0. The third-order valence-electron chi connectivity index (χ3n) is 5.57. The van der Waals surface area contributed by atoms with Gasteiger partial charge in [-0.15, -0.1) is 0 Å². The Labute approximate surface area is 195 Å². The van der Waals surface area contributed by atoms with Crippen molar-refractivity contribution in [2.75, 3.05) is 26.2 Å². The molecule has 2 amide bonds. The quantitative estimate of drug-likeness (QED) is 0.457. The Morgan fingerprint density at radius 2 is 1.88 bits per heavy atom. The summed E-state index contributed by atoms with van der Waals surface area (Å²) in [4.78, 5) is 26.6. The molecule has 0 radical (unpaired) electrons. The van der Waals surface area contributed by atoms with Crippen LogP contribution in [-0.2, 0) is 15.7 Å². The molecule has 2 heterocycles. The summed E-state index contributed by atoms with van der Waals surface area (Å²) < 4.78 is 61.5. The molecule has 0 spiro atoms. The molecule has 0 aliphatic carbocycles. The molecule has 34 heavy (non-hydrogen) atoms. The van der Waals surface area contributed by atoms with Crippen LogP contribution in [0.15, 0.2) is 30.5 Å². The molecule has 0 unspecified atom stereocenters. The van der Waals surface area contributed by atoms with Gasteiger partial charge in [0, 0.05) is 32.2 Å². The van der Waals surface area contributed by atoms with E-state index in [1.165, 1.54) is 17.0 Å². The minimum absolute atomic E-state index is 0.120. The number of para-hydroxylation sites is 1. The monoisotopic (exact) mass is 484 g/mol. The largest absolute Gasteiger partial charge is 0.434 e. The van der Waals surface area contributed by atoms with Crippen molar-refractivity contribution in [1.29, 1.82) is 0 Å². The molecule has 1 aliphatic heterocycles. The first-order chi connectivity index (χ1) is 16.1. The SMILES string of the molecule is CC(C)OCCCNC(=O)C1CCN(C(=O)c2cnn(-c3ccccc3F)c2C(F)(F)F)CC1. The summed E-state index contributed by atoms with van der Waals surface area (Å²) >= 11 is 0. The van der Waals surface area contributed by atoms with E-state index < -0.39 is 34.8 Å². The van der Waals surface area contributed by atoms with Gasteiger partial charge in [0.2, 0.25) is 5.91 Å². The van der Waals surface area contributed by atoms with E-state index in [9.17, 15) is 27.2 Å². The van der Waals surface area contributed by atoms with Crippen LogP contribution in [0.25, 0.3) is 5.69 Å². The molecule has 7 nitrogen and oxygen atoms in total. The average Bonchev–Trinajstić information content (AvgIpc) is 3.24. The topological polar surface area (TPSA) is 76.5 Å². The number of likely N-dealkylation sites (tertiary alicyclic amines) is 1. The summed E-state index contributed by atoms with van der Waals surface area (Å²) in [6, 6.07) is 4.91. The number of amides is 2. The summed E-state index contributed by atoms with van der Waals surface area (Å²) in [6.07, 6.45) is -2.65. The smallest absolute Gasteiger partial charge is 0.379 e. The Morgan fingerprint density at radius 1 is 1.21 bits per heavy atom. The number of carbonyl (C=O) groups excluding carboxylic acids is 2. The van der Waals surface area contributed by atoms with Crippen LogP contribution in [0.4, 0.5) is 17.6 Å². The van der Waals surface area contributed by atoms with E-state index in [2.05, 4.69) is 10.4 Å². The zero-order valence-corrected chi connectivity index (χ0v) is 19.1. The van der Waals surface area contributed by atoms with Crippen molar-refractivity contribution in [2.45, 2.75) is 45.4 Å². The van der Waals surface area contributed by atoms with Crippen LogP contribution in [-0.4, -0.2) is 58.8 Å². The second-order valence-electron chi connectivity index (χ2n) is 8.40. The van der Waals surface area contributed by atoms with E-state index in [-0.39, 0.29) is 31.0 Å². The lowest BCUT2D eigenvalue weighted by molar-refractivity contribution is -0.143. The number of alkyl halides is 3. The van der Waals surface area contributed by atoms with Gasteiger partial charge in [-0.25, -0.2) is 9.07 Å². The second-order valence-corrected chi connectivity index (χ2v) is 8.40. The first kappa shape index (κ1) is 25.7. The molecule has 1 fully saturated rings. The van der Waals surface area contributed by atoms with E-state index in [4.69, 9.17) is 4.74 Å². The molecule has 1 aromatic heterocycles. The lowest BCUT2D eigenvalue weighted by Gasteiger charge is -2.31. The summed E-state index contributed by atoms with van der Waals surface area (Å²) in [5.41, 5.74) is -2.38. The standard InChI is InChI=1S/C23H28F4N4O3/c1-15(2)34-13-5-10-28-21(32)16-8-11-30(12-9-16)22(33)17-14-29-31(20(17)23(25,26)27)19-7-4-3-6-18(19)24/h3-4,6-7,14-16H,5,8-13H2,1-2H3,(H,28,32). The maximum absolute atomic E-state index is 14.1. The van der Waals surface area contributed by atoms with Crippen molar-refractivity contribution in [1.82, 2.24) is 20.0 Å². The van der Waals surface area contributed by atoms with Crippen molar-refractivity contribution < 1.29 is 31.9 Å². The van der Waals surface area contributed by atoms with E-state index in [0.717, 1.165) is 18.3 Å². The number of carbonyl (C=O) groups is 2. The third-order valence-corrected chi connectivity index (χ3v) is 5.57. The molecular weight excluding hydrogens is 456 g/mol. The fraction of sp³-hybridized carbons (Fsp3) is 0.522. The van der Waals surface area contributed by atoms with Gasteiger partial charge < -0.3 is 15.0 Å². The van der Waals surface area contributed by atoms with Gasteiger partial charge in [-0.1, -0.05) is 12.1 Å². The first-order valence-electron chi connectivity index (χ1n) is 11.2. The molecule has 1 saturated heterocycles. The van der Waals surface area contributed by atoms with E-state index in [1.807, 2.05) is 13.8 Å². The van der Waals surface area contributed by atoms with Crippen molar-refractivity contribution >= 4 is 11.8 Å². The fourth-order valence-electron chi connectivity index (χ4n) is 3.85. The Bertz CT molecular complexity index is 998. The van der Waals surface area contributed by atoms with Gasteiger partial charge in [0.25, 0.3) is 5.91 Å². The van der Waals surface area contributed by atoms with Gasteiger partial charge in [0.05, 0.1) is 17.9 Å². The number of nitrogens with zero attached hydrogens (tertiary/aromatic N) is 3. The Kier molecular flexibility index (Phi) is 8.29. The van der Waals surface area contributed by atoms with Crippen LogP contribution in [0.5, 0.6) is 0 Å². The van der Waals surface area contributed by atoms with Crippen LogP contribution in [0.1, 0.15) is 49.2 Å².